The number of halogens is 2. The Balaban J connectivity index is 0.000000174. The molecular weight excluding hydrogens is 790 g/mol. The van der Waals surface area contributed by atoms with Gasteiger partial charge >= 0.3 is 285 Å². The van der Waals surface area contributed by atoms with E-state index in [1.807, 2.05) is 0 Å². The smallest absolute Gasteiger partial charge is 1.00 e. The fraction of sp³-hybridized carbons (Fsp3) is 0.200. The van der Waals surface area contributed by atoms with Crippen LogP contribution in [0.25, 0.3) is 24.3 Å². The van der Waals surface area contributed by atoms with Gasteiger partial charge in [0, 0.05) is 0 Å². The molecule has 0 amide bonds. The van der Waals surface area contributed by atoms with Gasteiger partial charge in [0.2, 0.25) is 0 Å². The standard InChI is InChI=1S/4C9H7.2C2H7Si.2ClH.2Zr/c4*1-2-5-9-7-3-6-8(9)4-1;2*1-3-2;;;;/h4*1-7H;2*3H,1-2H3;2*1H;;/q;;;;;;;;2*+1/p-2. The van der Waals surface area contributed by atoms with Crippen LogP contribution < -0.4 is 24.8 Å². The Morgan fingerprint density at radius 1 is 0.370 bits per heavy atom. The van der Waals surface area contributed by atoms with E-state index in [9.17, 15) is 0 Å². The van der Waals surface area contributed by atoms with Gasteiger partial charge in [-0.2, -0.15) is 0 Å². The molecule has 0 bridgehead atoms. The molecule has 0 N–H and O–H groups in total. The third-order valence-corrected chi connectivity index (χ3v) is 52.8. The molecule has 0 saturated carbocycles. The number of fused-ring (bicyclic) bond motifs is 4. The van der Waals surface area contributed by atoms with Crippen molar-refractivity contribution in [2.24, 2.45) is 0 Å². The van der Waals surface area contributed by atoms with Crippen molar-refractivity contribution in [1.82, 2.24) is 0 Å². The molecule has 8 rings (SSSR count). The first-order chi connectivity index (χ1) is 21.5. The Hall–Kier alpha value is -1.38. The van der Waals surface area contributed by atoms with Crippen LogP contribution in [0.2, 0.25) is 26.2 Å². The van der Waals surface area contributed by atoms with Gasteiger partial charge in [-0.3, -0.25) is 0 Å². The maximum Gasteiger partial charge on any atom is -1.00 e. The maximum atomic E-state index is 2.60. The first-order valence-corrected chi connectivity index (χ1v) is 36.3. The summed E-state index contributed by atoms with van der Waals surface area (Å²) in [7, 11) is 0. The van der Waals surface area contributed by atoms with Crippen LogP contribution in [-0.2, 0) is 41.8 Å². The van der Waals surface area contributed by atoms with Gasteiger partial charge in [-0.15, -0.1) is 0 Å². The third kappa shape index (κ3) is 7.01. The molecule has 4 unspecified atom stereocenters. The van der Waals surface area contributed by atoms with E-state index in [0.717, 1.165) is 14.5 Å². The minimum Gasteiger partial charge on any atom is -1.00 e. The summed E-state index contributed by atoms with van der Waals surface area (Å²) in [4.78, 5) is 0. The summed E-state index contributed by atoms with van der Waals surface area (Å²) in [5, 5.41) is 0. The van der Waals surface area contributed by atoms with E-state index in [0.29, 0.717) is 0 Å². The van der Waals surface area contributed by atoms with E-state index in [4.69, 9.17) is 0 Å². The van der Waals surface area contributed by atoms with E-state index < -0.39 is 53.7 Å². The molecule has 46 heavy (non-hydrogen) atoms. The van der Waals surface area contributed by atoms with Gasteiger partial charge in [-0.25, -0.2) is 0 Å². The van der Waals surface area contributed by atoms with E-state index in [-0.39, 0.29) is 24.8 Å². The average Bonchev–Trinajstić information content (AvgIpc) is 3.84. The van der Waals surface area contributed by atoms with Gasteiger partial charge in [-0.05, 0) is 0 Å². The molecule has 0 saturated heterocycles. The zero-order valence-electron chi connectivity index (χ0n) is 27.1. The van der Waals surface area contributed by atoms with Crippen LogP contribution >= 0.6 is 0 Å². The normalized spacial score (nSPS) is 20.3. The fourth-order valence-corrected chi connectivity index (χ4v) is 50.1. The van der Waals surface area contributed by atoms with E-state index in [2.05, 4.69) is 172 Å². The summed E-state index contributed by atoms with van der Waals surface area (Å²) >= 11 is -3.23. The Labute approximate surface area is 306 Å². The zero-order chi connectivity index (χ0) is 30.2. The summed E-state index contributed by atoms with van der Waals surface area (Å²) < 4.78 is 3.13. The SMILES string of the molecule is C[SiH](C)[Zr+]([CH]1C=Cc2ccccc21)[CH]1C=Cc2ccccc21.C[SiH](C)[Zr+]([CH]1C=Cc2ccccc21)[CH]1C=Cc2ccccc21.[Cl-].[Cl-]. The molecule has 6 heteroatoms. The van der Waals surface area contributed by atoms with Crippen LogP contribution in [0.1, 0.15) is 59.0 Å². The number of allylic oxidation sites excluding steroid dienone is 4. The Morgan fingerprint density at radius 2 is 0.587 bits per heavy atom. The minimum absolute atomic E-state index is 0. The molecule has 4 aromatic carbocycles. The second kappa shape index (κ2) is 15.9. The van der Waals surface area contributed by atoms with Crippen molar-refractivity contribution in [3.8, 4) is 0 Å². The molecule has 0 aromatic heterocycles. The second-order valence-corrected chi connectivity index (χ2v) is 53.7. The van der Waals surface area contributed by atoms with Crippen molar-refractivity contribution >= 4 is 36.2 Å². The monoisotopic (exact) mass is 828 g/mol. The topological polar surface area (TPSA) is 0 Å². The zero-order valence-corrected chi connectivity index (χ0v) is 35.8. The van der Waals surface area contributed by atoms with Crippen LogP contribution in [0, 0.1) is 0 Å². The van der Waals surface area contributed by atoms with Crippen molar-refractivity contribution in [2.45, 2.75) is 40.7 Å². The summed E-state index contributed by atoms with van der Waals surface area (Å²) in [5.41, 5.74) is 12.4. The maximum absolute atomic E-state index is 2.60. The largest absolute Gasteiger partial charge is 1.00 e. The molecule has 4 aliphatic rings. The Bertz CT molecular complexity index is 1540. The third-order valence-electron chi connectivity index (χ3n) is 9.97. The molecule has 0 spiro atoms. The van der Waals surface area contributed by atoms with Gasteiger partial charge in [0.25, 0.3) is 0 Å². The number of benzene rings is 4. The van der Waals surface area contributed by atoms with Gasteiger partial charge in [0.1, 0.15) is 0 Å². The molecule has 0 nitrogen and oxygen atoms in total. The minimum atomic E-state index is -1.62. The Kier molecular flexibility index (Phi) is 12.4. The van der Waals surface area contributed by atoms with Crippen molar-refractivity contribution in [3.05, 3.63) is 166 Å². The van der Waals surface area contributed by atoms with E-state index in [1.54, 1.807) is 22.3 Å². The molecule has 4 aromatic rings. The first-order valence-electron chi connectivity index (χ1n) is 16.3. The van der Waals surface area contributed by atoms with E-state index in [1.165, 1.54) is 22.3 Å². The molecule has 0 radical (unpaired) electrons. The van der Waals surface area contributed by atoms with Gasteiger partial charge in [-0.1, -0.05) is 0 Å². The first kappa shape index (κ1) is 35.9. The predicted octanol–water partition coefficient (Wildman–Crippen LogP) is 4.26. The van der Waals surface area contributed by atoms with E-state index >= 15 is 0 Å². The van der Waals surface area contributed by atoms with Crippen LogP contribution in [0.4, 0.5) is 0 Å². The number of rotatable bonds is 6. The summed E-state index contributed by atoms with van der Waals surface area (Å²) in [6.07, 6.45) is 19.7. The van der Waals surface area contributed by atoms with Gasteiger partial charge < -0.3 is 24.8 Å². The molecule has 0 aliphatic heterocycles. The van der Waals surface area contributed by atoms with Crippen molar-refractivity contribution < 1.29 is 66.6 Å². The summed E-state index contributed by atoms with van der Waals surface area (Å²) in [5.74, 6) is -1.23. The van der Waals surface area contributed by atoms with Crippen molar-refractivity contribution in [3.63, 3.8) is 0 Å². The number of hydrogen-bond donors (Lipinski definition) is 0. The second-order valence-electron chi connectivity index (χ2n) is 13.2. The quantitative estimate of drug-likeness (QED) is 0.255. The average molecular weight is 832 g/mol. The molecule has 4 atom stereocenters. The summed E-state index contributed by atoms with van der Waals surface area (Å²) in [6, 6.07) is 36.2. The molecule has 4 aliphatic carbocycles. The van der Waals surface area contributed by atoms with Crippen LogP contribution in [-0.4, -0.2) is 11.8 Å². The summed E-state index contributed by atoms with van der Waals surface area (Å²) in [6.45, 7) is 10.4. The fourth-order valence-electron chi connectivity index (χ4n) is 7.98. The van der Waals surface area contributed by atoms with Crippen molar-refractivity contribution in [1.29, 1.82) is 0 Å². The van der Waals surface area contributed by atoms with Gasteiger partial charge in [0.15, 0.2) is 0 Å². The predicted molar refractivity (Wildman–Crippen MR) is 191 cm³/mol. The molecular formula is C40H42Cl2Si2Zr2. The number of hydrogen-bond acceptors (Lipinski definition) is 0. The molecule has 232 valence electrons. The molecule has 0 fully saturated rings. The Morgan fingerprint density at radius 3 is 0.804 bits per heavy atom. The van der Waals surface area contributed by atoms with Crippen molar-refractivity contribution in [2.75, 3.05) is 0 Å². The van der Waals surface area contributed by atoms with Crippen LogP contribution in [0.15, 0.2) is 121 Å². The van der Waals surface area contributed by atoms with Crippen LogP contribution in [0.5, 0.6) is 0 Å². The van der Waals surface area contributed by atoms with Gasteiger partial charge in [0.05, 0.1) is 0 Å². The van der Waals surface area contributed by atoms with Crippen LogP contribution in [0.3, 0.4) is 0 Å². The molecule has 0 heterocycles.